The van der Waals surface area contributed by atoms with Crippen LogP contribution in [-0.4, -0.2) is 43.8 Å². The summed E-state index contributed by atoms with van der Waals surface area (Å²) in [7, 11) is -2.47. The van der Waals surface area contributed by atoms with E-state index < -0.39 is 14.9 Å². The van der Waals surface area contributed by atoms with Crippen LogP contribution in [0.15, 0.2) is 23.1 Å². The lowest BCUT2D eigenvalue weighted by atomic mass is 9.95. The predicted octanol–water partition coefficient (Wildman–Crippen LogP) is 1.87. The fourth-order valence-electron chi connectivity index (χ4n) is 2.79. The van der Waals surface area contributed by atoms with Gasteiger partial charge in [0, 0.05) is 31.6 Å². The van der Waals surface area contributed by atoms with E-state index in [2.05, 4.69) is 4.74 Å². The molecule has 0 spiro atoms. The summed E-state index contributed by atoms with van der Waals surface area (Å²) in [6, 6.07) is 3.83. The van der Waals surface area contributed by atoms with Gasteiger partial charge < -0.3 is 4.74 Å². The minimum absolute atomic E-state index is 0.0388. The molecule has 0 amide bonds. The molecule has 0 aliphatic carbocycles. The van der Waals surface area contributed by atoms with Gasteiger partial charge in [0.25, 0.3) is 5.69 Å². The summed E-state index contributed by atoms with van der Waals surface area (Å²) in [6.07, 6.45) is 1.39. The van der Waals surface area contributed by atoms with Crippen molar-refractivity contribution in [3.05, 3.63) is 33.9 Å². The number of hydrogen-bond acceptors (Lipinski definition) is 6. The number of carbonyl (C=O) groups is 1. The quantitative estimate of drug-likeness (QED) is 0.453. The molecule has 1 aliphatic heterocycles. The molecule has 1 aromatic rings. The fraction of sp³-hybridized carbons (Fsp3) is 0.533. The number of aryl methyl sites for hydroxylation is 1. The third kappa shape index (κ3) is 3.90. The molecule has 0 unspecified atom stereocenters. The number of esters is 1. The van der Waals surface area contributed by atoms with E-state index in [1.54, 1.807) is 6.92 Å². The van der Waals surface area contributed by atoms with E-state index >= 15 is 0 Å². The minimum Gasteiger partial charge on any atom is -0.469 e. The first-order valence-electron chi connectivity index (χ1n) is 7.57. The number of rotatable bonds is 5. The van der Waals surface area contributed by atoms with E-state index in [-0.39, 0.29) is 42.0 Å². The second-order valence-corrected chi connectivity index (χ2v) is 7.74. The largest absolute Gasteiger partial charge is 0.469 e. The average Bonchev–Trinajstić information content (AvgIpc) is 2.55. The first kappa shape index (κ1) is 18.3. The Morgan fingerprint density at radius 3 is 2.54 bits per heavy atom. The van der Waals surface area contributed by atoms with Crippen LogP contribution in [0.5, 0.6) is 0 Å². The lowest BCUT2D eigenvalue weighted by molar-refractivity contribution is -0.385. The molecule has 132 valence electrons. The average molecular weight is 356 g/mol. The van der Waals surface area contributed by atoms with Gasteiger partial charge in [-0.05, 0) is 31.2 Å². The third-order valence-corrected chi connectivity index (χ3v) is 6.30. The molecule has 9 heteroatoms. The number of hydrogen-bond donors (Lipinski definition) is 0. The third-order valence-electron chi connectivity index (χ3n) is 4.26. The maximum atomic E-state index is 12.8. The lowest BCUT2D eigenvalue weighted by Gasteiger charge is -2.31. The molecule has 1 fully saturated rings. The molecule has 1 heterocycles. The van der Waals surface area contributed by atoms with Crippen LogP contribution in [0, 0.1) is 23.0 Å². The summed E-state index contributed by atoms with van der Waals surface area (Å²) in [4.78, 5) is 21.6. The zero-order valence-corrected chi connectivity index (χ0v) is 14.4. The molecule has 0 N–H and O–H groups in total. The van der Waals surface area contributed by atoms with Crippen molar-refractivity contribution < 1.29 is 22.9 Å². The monoisotopic (exact) mass is 356 g/mol. The molecule has 24 heavy (non-hydrogen) atoms. The molecule has 1 aromatic carbocycles. The van der Waals surface area contributed by atoms with E-state index in [1.165, 1.54) is 23.5 Å². The zero-order valence-electron chi connectivity index (χ0n) is 13.6. The summed E-state index contributed by atoms with van der Waals surface area (Å²) in [5.74, 6) is -0.207. The molecule has 2 rings (SSSR count). The van der Waals surface area contributed by atoms with Crippen LogP contribution in [0.25, 0.3) is 0 Å². The summed E-state index contributed by atoms with van der Waals surface area (Å²) in [5, 5.41) is 10.9. The van der Waals surface area contributed by atoms with Crippen molar-refractivity contribution in [2.45, 2.75) is 31.1 Å². The molecule has 0 radical (unpaired) electrons. The molecule has 1 saturated heterocycles. The molecule has 0 aromatic heterocycles. The van der Waals surface area contributed by atoms with Gasteiger partial charge in [-0.1, -0.05) is 6.07 Å². The normalized spacial score (nSPS) is 16.8. The van der Waals surface area contributed by atoms with Crippen molar-refractivity contribution in [1.82, 2.24) is 4.31 Å². The number of nitrogens with zero attached hydrogens (tertiary/aromatic N) is 2. The van der Waals surface area contributed by atoms with Crippen LogP contribution in [0.1, 0.15) is 24.8 Å². The summed E-state index contributed by atoms with van der Waals surface area (Å²) in [6.45, 7) is 2.18. The second kappa shape index (κ2) is 7.27. The van der Waals surface area contributed by atoms with Gasteiger partial charge in [0.15, 0.2) is 0 Å². The molecule has 0 bridgehead atoms. The van der Waals surface area contributed by atoms with Crippen molar-refractivity contribution in [2.75, 3.05) is 20.2 Å². The van der Waals surface area contributed by atoms with Gasteiger partial charge in [-0.25, -0.2) is 8.42 Å². The number of nitro benzene ring substituents is 1. The van der Waals surface area contributed by atoms with E-state index in [1.807, 2.05) is 0 Å². The fourth-order valence-corrected chi connectivity index (χ4v) is 4.51. The van der Waals surface area contributed by atoms with E-state index in [0.717, 1.165) is 6.07 Å². The Hall–Kier alpha value is -2.00. The Morgan fingerprint density at radius 1 is 1.38 bits per heavy atom. The van der Waals surface area contributed by atoms with Crippen molar-refractivity contribution in [1.29, 1.82) is 0 Å². The number of piperidine rings is 1. The van der Waals surface area contributed by atoms with Gasteiger partial charge >= 0.3 is 5.97 Å². The van der Waals surface area contributed by atoms with Crippen LogP contribution in [0.3, 0.4) is 0 Å². The number of carbonyl (C=O) groups excluding carboxylic acids is 1. The minimum atomic E-state index is -3.79. The lowest BCUT2D eigenvalue weighted by Crippen LogP contribution is -2.39. The molecule has 1 aliphatic rings. The number of methoxy groups -OCH3 is 1. The Kier molecular flexibility index (Phi) is 5.55. The maximum Gasteiger partial charge on any atom is 0.305 e. The number of non-ortho nitro benzene ring substituents is 1. The molecule has 0 saturated carbocycles. The van der Waals surface area contributed by atoms with Crippen LogP contribution in [-0.2, 0) is 19.6 Å². The van der Waals surface area contributed by atoms with Gasteiger partial charge in [0.1, 0.15) is 0 Å². The van der Waals surface area contributed by atoms with E-state index in [9.17, 15) is 23.3 Å². The second-order valence-electron chi connectivity index (χ2n) is 5.83. The van der Waals surface area contributed by atoms with E-state index in [0.29, 0.717) is 18.4 Å². The summed E-state index contributed by atoms with van der Waals surface area (Å²) in [5.41, 5.74) is 0.219. The van der Waals surface area contributed by atoms with Crippen LogP contribution in [0.4, 0.5) is 5.69 Å². The number of ether oxygens (including phenoxy) is 1. The summed E-state index contributed by atoms with van der Waals surface area (Å²) >= 11 is 0. The SMILES string of the molecule is COC(=O)CC1CCN(S(=O)(=O)c2cc([N+](=O)[O-])ccc2C)CC1. The number of nitro groups is 1. The van der Waals surface area contributed by atoms with Gasteiger partial charge in [-0.2, -0.15) is 4.31 Å². The number of benzene rings is 1. The zero-order chi connectivity index (χ0) is 17.9. The summed E-state index contributed by atoms with van der Waals surface area (Å²) < 4.78 is 31.5. The van der Waals surface area contributed by atoms with Crippen LogP contribution in [0.2, 0.25) is 0 Å². The first-order valence-corrected chi connectivity index (χ1v) is 9.01. The number of sulfonamides is 1. The molecular weight excluding hydrogens is 336 g/mol. The maximum absolute atomic E-state index is 12.8. The van der Waals surface area contributed by atoms with Crippen LogP contribution < -0.4 is 0 Å². The smallest absolute Gasteiger partial charge is 0.305 e. The molecule has 8 nitrogen and oxygen atoms in total. The topological polar surface area (TPSA) is 107 Å². The van der Waals surface area contributed by atoms with Crippen LogP contribution >= 0.6 is 0 Å². The highest BCUT2D eigenvalue weighted by molar-refractivity contribution is 7.89. The van der Waals surface area contributed by atoms with Crippen molar-refractivity contribution in [3.8, 4) is 0 Å². The van der Waals surface area contributed by atoms with Crippen molar-refractivity contribution >= 4 is 21.7 Å². The Morgan fingerprint density at radius 2 is 2.00 bits per heavy atom. The van der Waals surface area contributed by atoms with Gasteiger partial charge in [0.05, 0.1) is 16.9 Å². The van der Waals surface area contributed by atoms with Gasteiger partial charge in [-0.3, -0.25) is 14.9 Å². The van der Waals surface area contributed by atoms with Crippen molar-refractivity contribution in [2.24, 2.45) is 5.92 Å². The van der Waals surface area contributed by atoms with Crippen molar-refractivity contribution in [3.63, 3.8) is 0 Å². The highest BCUT2D eigenvalue weighted by Gasteiger charge is 2.32. The van der Waals surface area contributed by atoms with Gasteiger partial charge in [0.2, 0.25) is 10.0 Å². The highest BCUT2D eigenvalue weighted by Crippen LogP contribution is 2.29. The Balaban J connectivity index is 2.16. The highest BCUT2D eigenvalue weighted by atomic mass is 32.2. The van der Waals surface area contributed by atoms with Gasteiger partial charge in [-0.15, -0.1) is 0 Å². The molecular formula is C15H20N2O6S. The Labute approximate surface area is 140 Å². The standard InChI is InChI=1S/C15H20N2O6S/c1-11-3-4-13(17(19)20)10-14(11)24(21,22)16-7-5-12(6-8-16)9-15(18)23-2/h3-4,10,12H,5-9H2,1-2H3. The Bertz CT molecular complexity index is 738. The molecule has 0 atom stereocenters. The predicted molar refractivity (Wildman–Crippen MR) is 85.9 cm³/mol. The van der Waals surface area contributed by atoms with E-state index in [4.69, 9.17) is 0 Å². The first-order chi connectivity index (χ1) is 11.3.